The van der Waals surface area contributed by atoms with E-state index in [1.54, 1.807) is 7.05 Å². The number of nitrogens with one attached hydrogen (secondary N) is 2. The first kappa shape index (κ1) is 14.0. The summed E-state index contributed by atoms with van der Waals surface area (Å²) in [6, 6.07) is 0. The van der Waals surface area contributed by atoms with E-state index in [0.29, 0.717) is 24.4 Å². The van der Waals surface area contributed by atoms with Gasteiger partial charge >= 0.3 is 0 Å². The van der Waals surface area contributed by atoms with Gasteiger partial charge in [-0.3, -0.25) is 4.68 Å². The molecular weight excluding hydrogens is 256 g/mol. The molecule has 2 heterocycles. The second kappa shape index (κ2) is 6.18. The fourth-order valence-electron chi connectivity index (χ4n) is 1.63. The maximum Gasteiger partial charge on any atom is 0.231 e. The fraction of sp³-hybridized carbons (Fsp3) is 0.500. The van der Waals surface area contributed by atoms with Crippen LogP contribution in [0, 0.1) is 6.92 Å². The minimum Gasteiger partial charge on any atom is -0.357 e. The summed E-state index contributed by atoms with van der Waals surface area (Å²) >= 11 is 0. The van der Waals surface area contributed by atoms with Gasteiger partial charge in [-0.1, -0.05) is 0 Å². The molecule has 0 spiro atoms. The first-order valence-corrected chi connectivity index (χ1v) is 6.42. The minimum atomic E-state index is 0.543. The molecule has 2 aromatic rings. The molecule has 0 aliphatic carbocycles. The van der Waals surface area contributed by atoms with Crippen molar-refractivity contribution in [2.24, 2.45) is 0 Å². The lowest BCUT2D eigenvalue weighted by atomic mass is 10.4. The number of anilines is 3. The Morgan fingerprint density at radius 2 is 1.95 bits per heavy atom. The molecule has 2 aromatic heterocycles. The van der Waals surface area contributed by atoms with Crippen LogP contribution >= 0.6 is 0 Å². The third-order valence-electron chi connectivity index (χ3n) is 2.63. The summed E-state index contributed by atoms with van der Waals surface area (Å²) in [5, 5.41) is 10.3. The zero-order valence-corrected chi connectivity index (χ0v) is 12.3. The number of rotatable bonds is 6. The average molecular weight is 276 g/mol. The Bertz CT molecular complexity index is 562. The summed E-state index contributed by atoms with van der Waals surface area (Å²) in [6.07, 6.45) is 3.84. The van der Waals surface area contributed by atoms with Gasteiger partial charge in [0, 0.05) is 33.9 Å². The summed E-state index contributed by atoms with van der Waals surface area (Å²) in [4.78, 5) is 14.7. The molecular formula is C12H20N8. The second-order valence-electron chi connectivity index (χ2n) is 4.63. The molecule has 0 aromatic carbocycles. The molecule has 8 heteroatoms. The third kappa shape index (κ3) is 3.56. The van der Waals surface area contributed by atoms with Gasteiger partial charge in [0.2, 0.25) is 17.8 Å². The van der Waals surface area contributed by atoms with Crippen molar-refractivity contribution in [2.45, 2.75) is 13.5 Å². The van der Waals surface area contributed by atoms with E-state index in [0.717, 1.165) is 12.1 Å². The normalized spacial score (nSPS) is 10.4. The fourth-order valence-corrected chi connectivity index (χ4v) is 1.63. The van der Waals surface area contributed by atoms with E-state index in [9.17, 15) is 0 Å². The van der Waals surface area contributed by atoms with Gasteiger partial charge in [-0.25, -0.2) is 0 Å². The Morgan fingerprint density at radius 3 is 2.55 bits per heavy atom. The van der Waals surface area contributed by atoms with Crippen LogP contribution in [0.2, 0.25) is 0 Å². The van der Waals surface area contributed by atoms with Crippen LogP contribution in [0.5, 0.6) is 0 Å². The maximum atomic E-state index is 4.34. The van der Waals surface area contributed by atoms with E-state index in [1.807, 2.05) is 43.0 Å². The molecule has 0 fully saturated rings. The molecule has 0 amide bonds. The van der Waals surface area contributed by atoms with E-state index in [1.165, 1.54) is 0 Å². The van der Waals surface area contributed by atoms with Gasteiger partial charge in [0.05, 0.1) is 12.7 Å². The van der Waals surface area contributed by atoms with Crippen molar-refractivity contribution in [3.05, 3.63) is 18.0 Å². The van der Waals surface area contributed by atoms with Gasteiger partial charge in [-0.05, 0) is 12.5 Å². The predicted octanol–water partition coefficient (Wildman–Crippen LogP) is 0.596. The van der Waals surface area contributed by atoms with Gasteiger partial charge in [0.15, 0.2) is 0 Å². The van der Waals surface area contributed by atoms with E-state index in [4.69, 9.17) is 0 Å². The third-order valence-corrected chi connectivity index (χ3v) is 2.63. The molecule has 0 unspecified atom stereocenters. The van der Waals surface area contributed by atoms with Crippen LogP contribution in [-0.2, 0) is 6.54 Å². The molecule has 0 aliphatic heterocycles. The summed E-state index contributed by atoms with van der Waals surface area (Å²) in [7, 11) is 5.57. The average Bonchev–Trinajstić information content (AvgIpc) is 2.84. The number of hydrogen-bond acceptors (Lipinski definition) is 7. The molecule has 2 N–H and O–H groups in total. The largest absolute Gasteiger partial charge is 0.357 e. The number of hydrogen-bond donors (Lipinski definition) is 2. The lowest BCUT2D eigenvalue weighted by Gasteiger charge is -2.13. The highest BCUT2D eigenvalue weighted by atomic mass is 15.3. The van der Waals surface area contributed by atoms with Gasteiger partial charge in [-0.2, -0.15) is 20.1 Å². The van der Waals surface area contributed by atoms with Gasteiger partial charge in [-0.15, -0.1) is 0 Å². The molecule has 20 heavy (non-hydrogen) atoms. The Labute approximate surface area is 118 Å². The molecule has 8 nitrogen and oxygen atoms in total. The molecule has 108 valence electrons. The van der Waals surface area contributed by atoms with Crippen LogP contribution in [0.4, 0.5) is 17.8 Å². The Balaban J connectivity index is 1.99. The van der Waals surface area contributed by atoms with Crippen LogP contribution < -0.4 is 15.5 Å². The van der Waals surface area contributed by atoms with Crippen LogP contribution in [0.1, 0.15) is 5.56 Å². The van der Waals surface area contributed by atoms with E-state index in [-0.39, 0.29) is 0 Å². The standard InChI is InChI=1S/C12H20N8/c1-9-7-15-20(8-9)6-5-14-11-16-10(13-2)17-12(18-11)19(3)4/h7-8H,5-6H2,1-4H3,(H2,13,14,16,17,18). The molecule has 0 atom stereocenters. The molecule has 0 saturated heterocycles. The monoisotopic (exact) mass is 276 g/mol. The number of nitrogens with zero attached hydrogens (tertiary/aromatic N) is 6. The van der Waals surface area contributed by atoms with E-state index in [2.05, 4.69) is 30.7 Å². The molecule has 2 rings (SSSR count). The van der Waals surface area contributed by atoms with Crippen LogP contribution in [0.3, 0.4) is 0 Å². The van der Waals surface area contributed by atoms with Crippen molar-refractivity contribution in [3.63, 3.8) is 0 Å². The predicted molar refractivity (Wildman–Crippen MR) is 79.2 cm³/mol. The van der Waals surface area contributed by atoms with Gasteiger partial charge in [0.25, 0.3) is 0 Å². The lowest BCUT2D eigenvalue weighted by Crippen LogP contribution is -2.18. The summed E-state index contributed by atoms with van der Waals surface area (Å²) in [6.45, 7) is 3.47. The number of aryl methyl sites for hydroxylation is 1. The number of aromatic nitrogens is 5. The van der Waals surface area contributed by atoms with Crippen LogP contribution in [0.15, 0.2) is 12.4 Å². The zero-order chi connectivity index (χ0) is 14.5. The molecule has 0 bridgehead atoms. The Morgan fingerprint density at radius 1 is 1.20 bits per heavy atom. The maximum absolute atomic E-state index is 4.34. The Hall–Kier alpha value is -2.38. The van der Waals surface area contributed by atoms with Crippen molar-refractivity contribution < 1.29 is 0 Å². The topological polar surface area (TPSA) is 83.8 Å². The summed E-state index contributed by atoms with van der Waals surface area (Å²) in [5.41, 5.74) is 1.15. The first-order chi connectivity index (χ1) is 9.58. The highest BCUT2D eigenvalue weighted by molar-refractivity contribution is 5.42. The van der Waals surface area contributed by atoms with E-state index >= 15 is 0 Å². The van der Waals surface area contributed by atoms with Crippen LogP contribution in [-0.4, -0.2) is 52.4 Å². The molecule has 0 radical (unpaired) electrons. The zero-order valence-electron chi connectivity index (χ0n) is 12.3. The summed E-state index contributed by atoms with van der Waals surface area (Å²) in [5.74, 6) is 1.71. The van der Waals surface area contributed by atoms with Crippen molar-refractivity contribution in [1.29, 1.82) is 0 Å². The van der Waals surface area contributed by atoms with Crippen molar-refractivity contribution in [3.8, 4) is 0 Å². The second-order valence-corrected chi connectivity index (χ2v) is 4.63. The summed E-state index contributed by atoms with van der Waals surface area (Å²) < 4.78 is 1.88. The van der Waals surface area contributed by atoms with Gasteiger partial charge < -0.3 is 15.5 Å². The smallest absolute Gasteiger partial charge is 0.231 e. The van der Waals surface area contributed by atoms with Crippen LogP contribution in [0.25, 0.3) is 0 Å². The quantitative estimate of drug-likeness (QED) is 0.799. The highest BCUT2D eigenvalue weighted by Crippen LogP contribution is 2.10. The molecule has 0 aliphatic rings. The van der Waals surface area contributed by atoms with E-state index < -0.39 is 0 Å². The first-order valence-electron chi connectivity index (χ1n) is 6.42. The van der Waals surface area contributed by atoms with Crippen molar-refractivity contribution in [1.82, 2.24) is 24.7 Å². The molecule has 0 saturated carbocycles. The van der Waals surface area contributed by atoms with Gasteiger partial charge in [0.1, 0.15) is 0 Å². The van der Waals surface area contributed by atoms with Crippen molar-refractivity contribution >= 4 is 17.8 Å². The Kier molecular flexibility index (Phi) is 4.34. The minimum absolute atomic E-state index is 0.543. The lowest BCUT2D eigenvalue weighted by molar-refractivity contribution is 0.635. The highest BCUT2D eigenvalue weighted by Gasteiger charge is 2.06. The SMILES string of the molecule is CNc1nc(NCCn2cc(C)cn2)nc(N(C)C)n1. The van der Waals surface area contributed by atoms with Crippen molar-refractivity contribution in [2.75, 3.05) is 43.2 Å².